The molecule has 0 spiro atoms. The molecule has 0 saturated carbocycles. The Labute approximate surface area is 142 Å². The van der Waals surface area contributed by atoms with Crippen LogP contribution in [0.4, 0.5) is 5.82 Å². The number of rotatable bonds is 2. The first-order chi connectivity index (χ1) is 11.8. The first-order valence-electron chi connectivity index (χ1n) is 8.55. The van der Waals surface area contributed by atoms with Crippen molar-refractivity contribution >= 4 is 16.7 Å². The second kappa shape index (κ2) is 6.53. The van der Waals surface area contributed by atoms with Crippen molar-refractivity contribution in [3.63, 3.8) is 0 Å². The van der Waals surface area contributed by atoms with Gasteiger partial charge in [-0.15, -0.1) is 0 Å². The molecule has 1 fully saturated rings. The fourth-order valence-electron chi connectivity index (χ4n) is 3.27. The molecule has 2 aromatic heterocycles. The number of para-hydroxylation sites is 1. The minimum atomic E-state index is 0.752. The number of pyridine rings is 1. The summed E-state index contributed by atoms with van der Waals surface area (Å²) in [5.74, 6) is 1.80. The highest BCUT2D eigenvalue weighted by molar-refractivity contribution is 5.91. The van der Waals surface area contributed by atoms with E-state index in [2.05, 4.69) is 35.1 Å². The molecular weight excluding hydrogens is 298 g/mol. The molecule has 5 nitrogen and oxygen atoms in total. The van der Waals surface area contributed by atoms with Crippen LogP contribution < -0.4 is 9.80 Å². The average molecular weight is 320 g/mol. The third-order valence-electron chi connectivity index (χ3n) is 4.64. The van der Waals surface area contributed by atoms with Gasteiger partial charge in [0.05, 0.1) is 32.2 Å². The molecule has 0 amide bonds. The van der Waals surface area contributed by atoms with E-state index in [1.807, 2.05) is 24.4 Å². The molecule has 4 rings (SSSR count). The van der Waals surface area contributed by atoms with Gasteiger partial charge in [0.1, 0.15) is 5.82 Å². The molecule has 1 aliphatic rings. The maximum atomic E-state index is 4.93. The molecule has 0 bridgehead atoms. The Morgan fingerprint density at radius 1 is 1.00 bits per heavy atom. The summed E-state index contributed by atoms with van der Waals surface area (Å²) in [7, 11) is 2.27. The summed E-state index contributed by atoms with van der Waals surface area (Å²) < 4.78 is 0. The van der Waals surface area contributed by atoms with Crippen molar-refractivity contribution in [2.75, 3.05) is 38.1 Å². The zero-order chi connectivity index (χ0) is 16.4. The number of hydrogen-bond acceptors (Lipinski definition) is 4. The van der Waals surface area contributed by atoms with Crippen LogP contribution in [0.2, 0.25) is 0 Å². The number of benzene rings is 1. The summed E-state index contributed by atoms with van der Waals surface area (Å²) in [6.45, 7) is 4.43. The van der Waals surface area contributed by atoms with Crippen LogP contribution in [-0.4, -0.2) is 48.2 Å². The molecule has 5 heteroatoms. The van der Waals surface area contributed by atoms with Gasteiger partial charge in [0.2, 0.25) is 0 Å². The van der Waals surface area contributed by atoms with Crippen LogP contribution in [0.25, 0.3) is 22.3 Å². The molecule has 1 aliphatic heterocycles. The highest BCUT2D eigenvalue weighted by Gasteiger charge is 2.19. The fraction of sp³-hybridized carbons (Fsp3) is 0.316. The van der Waals surface area contributed by atoms with Crippen molar-refractivity contribution < 1.29 is 4.90 Å². The Morgan fingerprint density at radius 2 is 1.92 bits per heavy atom. The molecule has 1 N–H and O–H groups in total. The van der Waals surface area contributed by atoms with Gasteiger partial charge in [-0.25, -0.2) is 9.97 Å². The van der Waals surface area contributed by atoms with E-state index in [4.69, 9.17) is 9.97 Å². The van der Waals surface area contributed by atoms with E-state index in [1.54, 1.807) is 11.1 Å². The van der Waals surface area contributed by atoms with Crippen LogP contribution in [0.5, 0.6) is 0 Å². The van der Waals surface area contributed by atoms with Gasteiger partial charge < -0.3 is 9.80 Å². The number of fused-ring (bicyclic) bond motifs is 1. The number of likely N-dealkylation sites (N-methyl/N-ethyl adjacent to an activating group) is 1. The molecule has 1 atom stereocenters. The van der Waals surface area contributed by atoms with Crippen LogP contribution in [0, 0.1) is 0 Å². The molecule has 1 unspecified atom stereocenters. The lowest BCUT2D eigenvalue weighted by atomic mass is 10.2. The average Bonchev–Trinajstić information content (AvgIpc) is 2.86. The first kappa shape index (κ1) is 15.0. The lowest BCUT2D eigenvalue weighted by molar-refractivity contribution is -0.876. The maximum absolute atomic E-state index is 4.93. The Kier molecular flexibility index (Phi) is 4.09. The zero-order valence-electron chi connectivity index (χ0n) is 13.9. The summed E-state index contributed by atoms with van der Waals surface area (Å²) in [6, 6.07) is 12.2. The molecule has 3 heterocycles. The van der Waals surface area contributed by atoms with E-state index >= 15 is 0 Å². The van der Waals surface area contributed by atoms with Gasteiger partial charge in [-0.3, -0.25) is 4.98 Å². The molecule has 1 saturated heterocycles. The zero-order valence-corrected chi connectivity index (χ0v) is 13.9. The summed E-state index contributed by atoms with van der Waals surface area (Å²) in [6.07, 6.45) is 4.79. The minimum Gasteiger partial charge on any atom is -0.350 e. The van der Waals surface area contributed by atoms with Gasteiger partial charge in [0, 0.05) is 36.3 Å². The largest absolute Gasteiger partial charge is 0.350 e. The highest BCUT2D eigenvalue weighted by Crippen LogP contribution is 2.27. The Morgan fingerprint density at radius 3 is 2.79 bits per heavy atom. The van der Waals surface area contributed by atoms with Crippen LogP contribution in [-0.2, 0) is 0 Å². The third-order valence-corrected chi connectivity index (χ3v) is 4.64. The quantitative estimate of drug-likeness (QED) is 0.776. The number of quaternary nitrogens is 1. The fourth-order valence-corrected chi connectivity index (χ4v) is 3.27. The molecule has 24 heavy (non-hydrogen) atoms. The highest BCUT2D eigenvalue weighted by atomic mass is 15.2. The number of aromatic nitrogens is 3. The third kappa shape index (κ3) is 2.95. The molecule has 122 valence electrons. The van der Waals surface area contributed by atoms with Gasteiger partial charge in [-0.2, -0.15) is 0 Å². The van der Waals surface area contributed by atoms with Crippen molar-refractivity contribution in [3.8, 4) is 11.4 Å². The van der Waals surface area contributed by atoms with E-state index < -0.39 is 0 Å². The topological polar surface area (TPSA) is 46.4 Å². The Bertz CT molecular complexity index is 834. The standard InChI is InChI=1S/C19H21N5/c1-23-10-5-11-24(13-12-23)19-16-7-2-3-8-17(16)21-18(22-19)15-6-4-9-20-14-15/h2-4,6-9,14H,5,10-13H2,1H3/p+1. The Hall–Kier alpha value is -2.53. The van der Waals surface area contributed by atoms with Crippen LogP contribution >= 0.6 is 0 Å². The van der Waals surface area contributed by atoms with E-state index in [0.29, 0.717) is 0 Å². The lowest BCUT2D eigenvalue weighted by Gasteiger charge is -2.22. The maximum Gasteiger partial charge on any atom is 0.163 e. The molecule has 0 aliphatic carbocycles. The van der Waals surface area contributed by atoms with Crippen molar-refractivity contribution in [3.05, 3.63) is 48.8 Å². The van der Waals surface area contributed by atoms with Gasteiger partial charge in [0.15, 0.2) is 5.82 Å². The van der Waals surface area contributed by atoms with Crippen molar-refractivity contribution in [2.45, 2.75) is 6.42 Å². The summed E-state index contributed by atoms with van der Waals surface area (Å²) in [4.78, 5) is 17.9. The SMILES string of the molecule is C[NH+]1CCCN(c2nc(-c3cccnc3)nc3ccccc23)CC1. The van der Waals surface area contributed by atoms with Gasteiger partial charge in [-0.05, 0) is 24.3 Å². The van der Waals surface area contributed by atoms with E-state index in [1.165, 1.54) is 13.0 Å². The minimum absolute atomic E-state index is 0.752. The van der Waals surface area contributed by atoms with Gasteiger partial charge in [-0.1, -0.05) is 12.1 Å². The number of nitrogens with zero attached hydrogens (tertiary/aromatic N) is 4. The van der Waals surface area contributed by atoms with Gasteiger partial charge in [0.25, 0.3) is 0 Å². The first-order valence-corrected chi connectivity index (χ1v) is 8.55. The van der Waals surface area contributed by atoms with Crippen LogP contribution in [0.1, 0.15) is 6.42 Å². The number of anilines is 1. The Balaban J connectivity index is 1.83. The molecular formula is C19H22N5+. The van der Waals surface area contributed by atoms with Crippen LogP contribution in [0.3, 0.4) is 0 Å². The van der Waals surface area contributed by atoms with Crippen molar-refractivity contribution in [1.29, 1.82) is 0 Å². The van der Waals surface area contributed by atoms with E-state index in [0.717, 1.165) is 47.7 Å². The summed E-state index contributed by atoms with van der Waals surface area (Å²) >= 11 is 0. The van der Waals surface area contributed by atoms with Gasteiger partial charge >= 0.3 is 0 Å². The molecule has 0 radical (unpaired) electrons. The lowest BCUT2D eigenvalue weighted by Crippen LogP contribution is -3.09. The second-order valence-electron chi connectivity index (χ2n) is 6.43. The molecule has 1 aromatic carbocycles. The molecule has 3 aromatic rings. The van der Waals surface area contributed by atoms with E-state index in [9.17, 15) is 0 Å². The van der Waals surface area contributed by atoms with Crippen molar-refractivity contribution in [1.82, 2.24) is 15.0 Å². The number of hydrogen-bond donors (Lipinski definition) is 1. The normalized spacial score (nSPS) is 18.5. The monoisotopic (exact) mass is 320 g/mol. The van der Waals surface area contributed by atoms with Crippen molar-refractivity contribution in [2.24, 2.45) is 0 Å². The summed E-state index contributed by atoms with van der Waals surface area (Å²) in [5, 5.41) is 1.13. The number of nitrogens with one attached hydrogen (secondary N) is 1. The summed E-state index contributed by atoms with van der Waals surface area (Å²) in [5.41, 5.74) is 1.95. The predicted octanol–water partition coefficient (Wildman–Crippen LogP) is 1.42. The smallest absolute Gasteiger partial charge is 0.163 e. The van der Waals surface area contributed by atoms with E-state index in [-0.39, 0.29) is 0 Å². The second-order valence-corrected chi connectivity index (χ2v) is 6.43. The van der Waals surface area contributed by atoms with Crippen LogP contribution in [0.15, 0.2) is 48.8 Å². The predicted molar refractivity (Wildman–Crippen MR) is 96.2 cm³/mol.